The molecule has 0 saturated carbocycles. The zero-order valence-electron chi connectivity index (χ0n) is 11.6. The molecule has 0 bridgehead atoms. The second kappa shape index (κ2) is 6.95. The van der Waals surface area contributed by atoms with Crippen LogP contribution in [0.3, 0.4) is 0 Å². The molecule has 0 aromatic heterocycles. The van der Waals surface area contributed by atoms with E-state index in [1.54, 1.807) is 0 Å². The summed E-state index contributed by atoms with van der Waals surface area (Å²) in [6.45, 7) is 2.14. The Bertz CT molecular complexity index is 597. The van der Waals surface area contributed by atoms with E-state index in [-0.39, 0.29) is 0 Å². The van der Waals surface area contributed by atoms with E-state index in [0.29, 0.717) is 0 Å². The van der Waals surface area contributed by atoms with Gasteiger partial charge in [-0.15, -0.1) is 0 Å². The SMILES string of the molecule is CCc1ccc(N)c(-c2cc(CCS)ccc2NS)c1. The molecule has 0 unspecified atom stereocenters. The lowest BCUT2D eigenvalue weighted by Gasteiger charge is -2.14. The summed E-state index contributed by atoms with van der Waals surface area (Å²) < 4.78 is 2.95. The molecule has 2 aromatic carbocycles. The first-order valence-corrected chi connectivity index (χ1v) is 7.80. The number of aryl methyl sites for hydroxylation is 2. The number of nitrogens with two attached hydrogens (primary N) is 1. The lowest BCUT2D eigenvalue weighted by atomic mass is 9.96. The molecule has 2 rings (SSSR count). The van der Waals surface area contributed by atoms with Gasteiger partial charge in [-0.3, -0.25) is 0 Å². The van der Waals surface area contributed by atoms with Crippen LogP contribution in [-0.2, 0) is 12.8 Å². The molecule has 0 atom stereocenters. The average molecular weight is 304 g/mol. The van der Waals surface area contributed by atoms with Crippen molar-refractivity contribution in [1.29, 1.82) is 0 Å². The van der Waals surface area contributed by atoms with Crippen LogP contribution in [-0.4, -0.2) is 5.75 Å². The number of benzene rings is 2. The van der Waals surface area contributed by atoms with Gasteiger partial charge in [0.2, 0.25) is 0 Å². The zero-order chi connectivity index (χ0) is 14.5. The van der Waals surface area contributed by atoms with Gasteiger partial charge in [0.05, 0.1) is 5.69 Å². The zero-order valence-corrected chi connectivity index (χ0v) is 13.3. The minimum absolute atomic E-state index is 0.787. The number of rotatable bonds is 5. The first-order valence-electron chi connectivity index (χ1n) is 6.72. The van der Waals surface area contributed by atoms with Crippen LogP contribution in [0.4, 0.5) is 11.4 Å². The van der Waals surface area contributed by atoms with Crippen molar-refractivity contribution in [3.05, 3.63) is 47.5 Å². The highest BCUT2D eigenvalue weighted by Gasteiger charge is 2.09. The normalized spacial score (nSPS) is 10.6. The Morgan fingerprint density at radius 1 is 1.05 bits per heavy atom. The molecule has 0 amide bonds. The van der Waals surface area contributed by atoms with Crippen LogP contribution in [0.2, 0.25) is 0 Å². The van der Waals surface area contributed by atoms with Crippen LogP contribution >= 0.6 is 25.4 Å². The second-order valence-corrected chi connectivity index (χ2v) is 5.41. The molecule has 0 spiro atoms. The van der Waals surface area contributed by atoms with Crippen molar-refractivity contribution in [2.45, 2.75) is 19.8 Å². The van der Waals surface area contributed by atoms with E-state index in [4.69, 9.17) is 5.73 Å². The summed E-state index contributed by atoms with van der Waals surface area (Å²) in [5.74, 6) is 0.831. The molecule has 20 heavy (non-hydrogen) atoms. The van der Waals surface area contributed by atoms with Gasteiger partial charge in [-0.25, -0.2) is 0 Å². The molecular weight excluding hydrogens is 284 g/mol. The lowest BCUT2D eigenvalue weighted by Crippen LogP contribution is -1.96. The maximum atomic E-state index is 6.16. The third-order valence-electron chi connectivity index (χ3n) is 3.42. The Morgan fingerprint density at radius 3 is 2.40 bits per heavy atom. The topological polar surface area (TPSA) is 38.0 Å². The van der Waals surface area contributed by atoms with E-state index < -0.39 is 0 Å². The molecule has 106 valence electrons. The number of hydrogen-bond donors (Lipinski definition) is 4. The summed E-state index contributed by atoms with van der Waals surface area (Å²) in [5.41, 5.74) is 12.6. The Morgan fingerprint density at radius 2 is 1.75 bits per heavy atom. The molecule has 0 saturated heterocycles. The van der Waals surface area contributed by atoms with Crippen LogP contribution < -0.4 is 10.5 Å². The fourth-order valence-electron chi connectivity index (χ4n) is 2.25. The van der Waals surface area contributed by atoms with E-state index in [1.165, 1.54) is 11.1 Å². The van der Waals surface area contributed by atoms with Crippen molar-refractivity contribution < 1.29 is 0 Å². The summed E-state index contributed by atoms with van der Waals surface area (Å²) in [5, 5.41) is 0. The molecule has 4 heteroatoms. The van der Waals surface area contributed by atoms with E-state index in [0.717, 1.165) is 41.1 Å². The summed E-state index contributed by atoms with van der Waals surface area (Å²) in [6.07, 6.45) is 1.93. The van der Waals surface area contributed by atoms with Crippen molar-refractivity contribution >= 4 is 36.8 Å². The van der Waals surface area contributed by atoms with Crippen LogP contribution in [0.15, 0.2) is 36.4 Å². The van der Waals surface area contributed by atoms with Crippen LogP contribution in [0.5, 0.6) is 0 Å². The number of hydrogen-bond acceptors (Lipinski definition) is 4. The van der Waals surface area contributed by atoms with E-state index in [2.05, 4.69) is 61.4 Å². The van der Waals surface area contributed by atoms with Gasteiger partial charge in [-0.1, -0.05) is 31.9 Å². The van der Waals surface area contributed by atoms with E-state index in [9.17, 15) is 0 Å². The Labute approximate surface area is 131 Å². The highest BCUT2D eigenvalue weighted by molar-refractivity contribution is 7.81. The Hall–Kier alpha value is -1.26. The van der Waals surface area contributed by atoms with Crippen LogP contribution in [0, 0.1) is 0 Å². The Balaban J connectivity index is 2.57. The Kier molecular flexibility index (Phi) is 5.26. The van der Waals surface area contributed by atoms with Gasteiger partial charge in [0.25, 0.3) is 0 Å². The monoisotopic (exact) mass is 304 g/mol. The summed E-state index contributed by atoms with van der Waals surface area (Å²) in [7, 11) is 0. The average Bonchev–Trinajstić information content (AvgIpc) is 2.48. The van der Waals surface area contributed by atoms with Gasteiger partial charge in [0, 0.05) is 16.8 Å². The van der Waals surface area contributed by atoms with Gasteiger partial charge in [-0.2, -0.15) is 12.6 Å². The number of anilines is 2. The number of nitrogen functional groups attached to an aromatic ring is 1. The van der Waals surface area contributed by atoms with Gasteiger partial charge in [-0.05, 0) is 54.0 Å². The number of nitrogens with one attached hydrogen (secondary N) is 1. The molecule has 2 aromatic rings. The van der Waals surface area contributed by atoms with E-state index >= 15 is 0 Å². The van der Waals surface area contributed by atoms with Crippen molar-refractivity contribution in [1.82, 2.24) is 0 Å². The summed E-state index contributed by atoms with van der Waals surface area (Å²) in [6, 6.07) is 12.5. The van der Waals surface area contributed by atoms with E-state index in [1.807, 2.05) is 12.1 Å². The molecular formula is C16H20N2S2. The van der Waals surface area contributed by atoms with Crippen molar-refractivity contribution in [2.24, 2.45) is 0 Å². The third kappa shape index (κ3) is 3.25. The largest absolute Gasteiger partial charge is 0.398 e. The first kappa shape index (κ1) is 15.1. The molecule has 0 fully saturated rings. The summed E-state index contributed by atoms with van der Waals surface area (Å²) in [4.78, 5) is 0. The van der Waals surface area contributed by atoms with Gasteiger partial charge < -0.3 is 10.5 Å². The van der Waals surface area contributed by atoms with Crippen molar-refractivity contribution in [2.75, 3.05) is 16.2 Å². The van der Waals surface area contributed by atoms with Crippen molar-refractivity contribution in [3.63, 3.8) is 0 Å². The lowest BCUT2D eigenvalue weighted by molar-refractivity contribution is 1.14. The minimum Gasteiger partial charge on any atom is -0.398 e. The molecule has 0 aliphatic heterocycles. The standard InChI is InChI=1S/C16H20N2S2/c1-2-11-3-5-15(17)13(9-11)14-10-12(7-8-19)4-6-16(14)18-20/h3-6,9-10,18-20H,2,7-8,17H2,1H3. The van der Waals surface area contributed by atoms with Gasteiger partial charge in [0.1, 0.15) is 0 Å². The first-order chi connectivity index (χ1) is 9.69. The second-order valence-electron chi connectivity index (χ2n) is 4.74. The maximum Gasteiger partial charge on any atom is 0.0518 e. The quantitative estimate of drug-likeness (QED) is 0.493. The number of thiol groups is 2. The van der Waals surface area contributed by atoms with Gasteiger partial charge >= 0.3 is 0 Å². The highest BCUT2D eigenvalue weighted by atomic mass is 32.1. The molecule has 0 aliphatic carbocycles. The molecule has 0 aliphatic rings. The van der Waals surface area contributed by atoms with Gasteiger partial charge in [0.15, 0.2) is 0 Å². The summed E-state index contributed by atoms with van der Waals surface area (Å²) >= 11 is 8.49. The fourth-order valence-corrected chi connectivity index (χ4v) is 2.71. The fraction of sp³-hybridized carbons (Fsp3) is 0.250. The molecule has 3 N–H and O–H groups in total. The molecule has 0 radical (unpaired) electrons. The predicted octanol–water partition coefficient (Wildman–Crippen LogP) is 4.23. The molecule has 2 nitrogen and oxygen atoms in total. The maximum absolute atomic E-state index is 6.16. The minimum atomic E-state index is 0.787. The van der Waals surface area contributed by atoms with Crippen LogP contribution in [0.25, 0.3) is 11.1 Å². The van der Waals surface area contributed by atoms with Crippen LogP contribution in [0.1, 0.15) is 18.1 Å². The third-order valence-corrected chi connectivity index (χ3v) is 3.89. The highest BCUT2D eigenvalue weighted by Crippen LogP contribution is 2.34. The molecule has 0 heterocycles. The smallest absolute Gasteiger partial charge is 0.0518 e. The van der Waals surface area contributed by atoms with Crippen molar-refractivity contribution in [3.8, 4) is 11.1 Å². The predicted molar refractivity (Wildman–Crippen MR) is 95.8 cm³/mol.